The molecular weight excluding hydrogens is 1140 g/mol. The molecule has 0 spiro atoms. The minimum atomic E-state index is -5.02. The number of benzene rings is 2. The molecule has 8 rings (SSSR count). The highest BCUT2D eigenvalue weighted by Crippen LogP contribution is 2.68. The van der Waals surface area contributed by atoms with Gasteiger partial charge in [0.05, 0.1) is 52.3 Å². The van der Waals surface area contributed by atoms with Crippen molar-refractivity contribution in [3.8, 4) is 11.6 Å². The van der Waals surface area contributed by atoms with Crippen LogP contribution in [0.4, 0.5) is 50.1 Å². The number of alkyl halides is 7. The van der Waals surface area contributed by atoms with Crippen LogP contribution in [0.1, 0.15) is 79.8 Å². The summed E-state index contributed by atoms with van der Waals surface area (Å²) in [5.41, 5.74) is -6.18. The fourth-order valence-corrected chi connectivity index (χ4v) is 10.5. The number of rotatable bonds is 20. The number of fused-ring (bicyclic) bond motifs is 5. The van der Waals surface area contributed by atoms with Gasteiger partial charge in [0.2, 0.25) is 34.5 Å². The van der Waals surface area contributed by atoms with Crippen molar-refractivity contribution in [2.45, 2.75) is 76.6 Å². The number of nitrogens with one attached hydrogen (secondary N) is 2. The summed E-state index contributed by atoms with van der Waals surface area (Å²) in [7, 11) is -8.51. The number of anilines is 1. The second-order valence-electron chi connectivity index (χ2n) is 19.1. The first kappa shape index (κ1) is 58.3. The topological polar surface area (TPSA) is 281 Å². The molecule has 4 heterocycles. The molecule has 0 radical (unpaired) electrons. The molecule has 22 nitrogen and oxygen atoms in total. The van der Waals surface area contributed by atoms with Gasteiger partial charge in [0.15, 0.2) is 11.5 Å². The summed E-state index contributed by atoms with van der Waals surface area (Å²) in [5.74, 6) is -12.5. The second kappa shape index (κ2) is 21.3. The van der Waals surface area contributed by atoms with Crippen molar-refractivity contribution in [3.63, 3.8) is 0 Å². The lowest BCUT2D eigenvalue weighted by Gasteiger charge is -2.27. The van der Waals surface area contributed by atoms with E-state index in [1.807, 2.05) is 0 Å². The fraction of sp³-hybridized carbons (Fsp3) is 0.422. The number of hydrogen-bond acceptors (Lipinski definition) is 14. The number of aromatic nitrogens is 7. The van der Waals surface area contributed by atoms with Crippen molar-refractivity contribution in [2.24, 2.45) is 18.4 Å². The van der Waals surface area contributed by atoms with E-state index in [4.69, 9.17) is 26.1 Å². The van der Waals surface area contributed by atoms with E-state index in [0.29, 0.717) is 17.0 Å². The van der Waals surface area contributed by atoms with Crippen molar-refractivity contribution in [3.05, 3.63) is 97.8 Å². The van der Waals surface area contributed by atoms with E-state index in [2.05, 4.69) is 40.1 Å². The van der Waals surface area contributed by atoms with Gasteiger partial charge in [0.1, 0.15) is 35.4 Å². The summed E-state index contributed by atoms with van der Waals surface area (Å²) >= 11 is 6.78. The smallest absolute Gasteiger partial charge is 0.472 e. The maximum Gasteiger partial charge on any atom is 0.472 e. The highest BCUT2D eigenvalue weighted by atomic mass is 35.5. The van der Waals surface area contributed by atoms with Crippen LogP contribution in [0.15, 0.2) is 47.3 Å². The predicted octanol–water partition coefficient (Wildman–Crippen LogP) is 6.88. The van der Waals surface area contributed by atoms with Gasteiger partial charge in [-0.05, 0) is 53.6 Å². The summed E-state index contributed by atoms with van der Waals surface area (Å²) in [5, 5.41) is 11.6. The zero-order valence-corrected chi connectivity index (χ0v) is 43.7. The monoisotopic (exact) mass is 1180 g/mol. The molecule has 3 amide bonds. The number of amides is 3. The van der Waals surface area contributed by atoms with Crippen molar-refractivity contribution >= 4 is 75.1 Å². The van der Waals surface area contributed by atoms with Gasteiger partial charge < -0.3 is 29.9 Å². The fourth-order valence-electron chi connectivity index (χ4n) is 9.18. The number of pyridine rings is 1. The average Bonchev–Trinajstić information content (AvgIpc) is 3.11. The molecule has 0 unspecified atom stereocenters. The molecule has 4 aromatic heterocycles. The normalized spacial score (nSPS) is 16.5. The van der Waals surface area contributed by atoms with E-state index in [9.17, 15) is 58.1 Å². The third kappa shape index (κ3) is 12.6. The van der Waals surface area contributed by atoms with E-state index in [0.717, 1.165) is 39.6 Å². The molecular formula is C45H43ClF9N10O12PS. The SMILES string of the molecule is Cn1nc(N(C(=O)CC(C)(C)CNC(=O)OCOP(=O)(O)O)S(C)(=O)=O)c2c(Cl)ccc(-n3c([C@H](Cc4cc(F)cc(F)c4)NC(=O)Cn4nc(C(F)F)c5c4C(F)(F)[C@@H]4C[C@H]54)nc4nc(OCCC(F)(F)F)ccc4c3=O)c21. The Morgan fingerprint density at radius 2 is 1.72 bits per heavy atom. The number of phosphoric acid groups is 1. The standard InChI is InChI=1S/C45H43ClF9N10O12PS/c1-43(2,18-56-42(69)76-19-77-78(70,71)72)16-31(67)65(79(4,73)74)40-33-26(46)6-7-28(35(33)62(3)61-40)64-39(59-38-23(41(64)68)5-8-30(58-38)75-10-9-44(51,52)53)27(13-20-11-21(47)14-22(48)12-20)57-29(66)17-63-36-32(34(60-63)37(49)50)24-15-25(24)45(36,54)55/h5-8,11-12,14,24-25,27,37H,9-10,13,15-19H2,1-4H3,(H,56,69)(H,57,66)(H2,70,71,72)/t24-,25+,27-/m0/s1. The zero-order valence-electron chi connectivity index (χ0n) is 41.2. The Morgan fingerprint density at radius 1 is 1.04 bits per heavy atom. The maximum absolute atomic E-state index is 15.7. The van der Waals surface area contributed by atoms with Crippen molar-refractivity contribution < 1.29 is 90.7 Å². The molecule has 0 saturated heterocycles. The lowest BCUT2D eigenvalue weighted by molar-refractivity contribution is -0.139. The van der Waals surface area contributed by atoms with E-state index in [-0.39, 0.29) is 37.9 Å². The summed E-state index contributed by atoms with van der Waals surface area (Å²) in [6.07, 6.45) is -11.6. The van der Waals surface area contributed by atoms with Gasteiger partial charge in [-0.2, -0.15) is 41.4 Å². The molecule has 0 bridgehead atoms. The molecule has 1 fully saturated rings. The van der Waals surface area contributed by atoms with E-state index in [1.54, 1.807) is 0 Å². The molecule has 6 aromatic rings. The third-order valence-electron chi connectivity index (χ3n) is 12.5. The number of alkyl carbamates (subject to hydrolysis) is 1. The quantitative estimate of drug-likeness (QED) is 0.0344. The lowest BCUT2D eigenvalue weighted by atomic mass is 9.89. The van der Waals surface area contributed by atoms with Crippen LogP contribution in [0.2, 0.25) is 5.02 Å². The van der Waals surface area contributed by atoms with Crippen LogP contribution < -0.4 is 25.2 Å². The Hall–Kier alpha value is -6.86. The Balaban J connectivity index is 1.27. The van der Waals surface area contributed by atoms with Crippen molar-refractivity contribution in [1.29, 1.82) is 0 Å². The molecule has 426 valence electrons. The van der Waals surface area contributed by atoms with Crippen LogP contribution in [0.3, 0.4) is 0 Å². The molecule has 79 heavy (non-hydrogen) atoms. The van der Waals surface area contributed by atoms with Crippen LogP contribution in [0, 0.1) is 23.0 Å². The van der Waals surface area contributed by atoms with E-state index >= 15 is 13.6 Å². The van der Waals surface area contributed by atoms with Crippen LogP contribution in [0.5, 0.6) is 5.88 Å². The summed E-state index contributed by atoms with van der Waals surface area (Å²) in [6.45, 7) is -0.878. The van der Waals surface area contributed by atoms with E-state index in [1.165, 1.54) is 27.0 Å². The van der Waals surface area contributed by atoms with Gasteiger partial charge in [0, 0.05) is 50.0 Å². The Bertz CT molecular complexity index is 3650. The first-order valence-electron chi connectivity index (χ1n) is 23.1. The number of carbonyl (C=O) groups excluding carboxylic acids is 3. The van der Waals surface area contributed by atoms with Crippen LogP contribution in [-0.2, 0) is 59.4 Å². The Morgan fingerprint density at radius 3 is 2.35 bits per heavy atom. The number of nitrogens with zero attached hydrogens (tertiary/aromatic N) is 8. The summed E-state index contributed by atoms with van der Waals surface area (Å²) < 4.78 is 183. The van der Waals surface area contributed by atoms with Gasteiger partial charge in [-0.15, -0.1) is 0 Å². The molecule has 3 atom stereocenters. The van der Waals surface area contributed by atoms with Crippen molar-refractivity contribution in [1.82, 2.24) is 44.7 Å². The largest absolute Gasteiger partial charge is 0.477 e. The second-order valence-corrected chi connectivity index (χ2v) is 22.6. The third-order valence-corrected chi connectivity index (χ3v) is 14.3. The molecule has 4 N–H and O–H groups in total. The summed E-state index contributed by atoms with van der Waals surface area (Å²) in [6, 6.07) is 4.65. The number of ether oxygens (including phenoxy) is 2. The number of halogens is 10. The highest BCUT2D eigenvalue weighted by Gasteiger charge is 2.67. The number of hydrogen-bond donors (Lipinski definition) is 4. The molecule has 2 aromatic carbocycles. The maximum atomic E-state index is 15.7. The zero-order chi connectivity index (χ0) is 58.1. The molecule has 2 aliphatic carbocycles. The minimum Gasteiger partial charge on any atom is -0.477 e. The molecule has 0 aliphatic heterocycles. The molecule has 34 heteroatoms. The van der Waals surface area contributed by atoms with Crippen molar-refractivity contribution in [2.75, 3.05) is 30.5 Å². The van der Waals surface area contributed by atoms with Gasteiger partial charge in [-0.3, -0.25) is 28.3 Å². The molecule has 2 aliphatic rings. The summed E-state index contributed by atoms with van der Waals surface area (Å²) in [4.78, 5) is 82.2. The Kier molecular flexibility index (Phi) is 15.7. The first-order chi connectivity index (χ1) is 36.6. The minimum absolute atomic E-state index is 0.113. The average molecular weight is 1190 g/mol. The van der Waals surface area contributed by atoms with Gasteiger partial charge in [0.25, 0.3) is 17.9 Å². The Labute approximate surface area is 444 Å². The predicted molar refractivity (Wildman–Crippen MR) is 257 cm³/mol. The number of sulfonamides is 1. The van der Waals surface area contributed by atoms with Gasteiger partial charge in [-0.25, -0.2) is 44.8 Å². The molecule has 1 saturated carbocycles. The van der Waals surface area contributed by atoms with Gasteiger partial charge in [-0.1, -0.05) is 25.4 Å². The number of carbonyl (C=O) groups is 3. The number of aryl methyl sites for hydroxylation is 1. The lowest BCUT2D eigenvalue weighted by Crippen LogP contribution is -2.42. The van der Waals surface area contributed by atoms with Crippen LogP contribution >= 0.6 is 19.4 Å². The highest BCUT2D eigenvalue weighted by molar-refractivity contribution is 7.92. The van der Waals surface area contributed by atoms with Crippen LogP contribution in [-0.4, -0.2) is 103 Å². The van der Waals surface area contributed by atoms with Crippen LogP contribution in [0.25, 0.3) is 27.6 Å². The van der Waals surface area contributed by atoms with E-state index < -0.39 is 186 Å². The number of phosphoric ester groups is 1. The first-order valence-corrected chi connectivity index (χ1v) is 26.8. The van der Waals surface area contributed by atoms with Gasteiger partial charge >= 0.3 is 20.1 Å².